The summed E-state index contributed by atoms with van der Waals surface area (Å²) in [4.78, 5) is 1.34. The van der Waals surface area contributed by atoms with Crippen LogP contribution in [0.2, 0.25) is 0 Å². The normalized spacial score (nSPS) is 12.5. The predicted octanol–water partition coefficient (Wildman–Crippen LogP) is 0.706. The Morgan fingerprint density at radius 3 is 2.70 bits per heavy atom. The summed E-state index contributed by atoms with van der Waals surface area (Å²) >= 11 is 5.70. The van der Waals surface area contributed by atoms with Gasteiger partial charge in [0.1, 0.15) is 0 Å². The van der Waals surface area contributed by atoms with Crippen LogP contribution < -0.4 is 5.32 Å². The molecule has 4 nitrogen and oxygen atoms in total. The summed E-state index contributed by atoms with van der Waals surface area (Å²) in [7, 11) is 0. The van der Waals surface area contributed by atoms with Gasteiger partial charge in [-0.2, -0.15) is 10.2 Å². The van der Waals surface area contributed by atoms with Crippen molar-refractivity contribution in [2.75, 3.05) is 0 Å². The molecule has 0 aliphatic rings. The molecule has 1 atom stereocenters. The van der Waals surface area contributed by atoms with Gasteiger partial charge in [0.25, 0.3) is 0 Å². The first kappa shape index (κ1) is 7.08. The Hall–Kier alpha value is -1.03. The van der Waals surface area contributed by atoms with E-state index in [2.05, 4.69) is 22.1 Å². The maximum Gasteiger partial charge on any atom is 0.215 e. The molecule has 1 unspecified atom stereocenters. The molecule has 1 aromatic heterocycles. The molecule has 1 rings (SSSR count). The Bertz CT molecular complexity index is 195. The molecule has 10 heavy (non-hydrogen) atoms. The number of halogens is 1. The van der Waals surface area contributed by atoms with Crippen LogP contribution in [0.15, 0.2) is 25.2 Å². The lowest BCUT2D eigenvalue weighted by molar-refractivity contribution is 0.482. The number of nitrogens with one attached hydrogen (secondary N) is 1. The van der Waals surface area contributed by atoms with Crippen molar-refractivity contribution in [2.45, 2.75) is 5.62 Å². The Morgan fingerprint density at radius 1 is 1.60 bits per heavy atom. The summed E-state index contributed by atoms with van der Waals surface area (Å²) < 4.78 is 0. The van der Waals surface area contributed by atoms with Gasteiger partial charge < -0.3 is 5.32 Å². The number of nitrogens with zero attached hydrogens (tertiary/aromatic N) is 3. The number of alkyl halides is 1. The zero-order valence-electron chi connectivity index (χ0n) is 5.24. The third-order valence-electron chi connectivity index (χ3n) is 0.895. The van der Waals surface area contributed by atoms with E-state index >= 15 is 0 Å². The SMILES string of the molecule is C=CNC(Cl)n1nccn1. The molecule has 1 aromatic rings. The van der Waals surface area contributed by atoms with E-state index in [1.165, 1.54) is 11.0 Å². The van der Waals surface area contributed by atoms with E-state index in [0.29, 0.717) is 0 Å². The van der Waals surface area contributed by atoms with E-state index in [0.717, 1.165) is 0 Å². The highest BCUT2D eigenvalue weighted by Gasteiger charge is 2.02. The van der Waals surface area contributed by atoms with Crippen LogP contribution in [0.25, 0.3) is 0 Å². The van der Waals surface area contributed by atoms with Crippen LogP contribution in [0.4, 0.5) is 0 Å². The third kappa shape index (κ3) is 1.48. The minimum absolute atomic E-state index is 0.451. The van der Waals surface area contributed by atoms with Gasteiger partial charge in [0.05, 0.1) is 12.4 Å². The summed E-state index contributed by atoms with van der Waals surface area (Å²) in [6, 6.07) is 0. The first-order valence-electron chi connectivity index (χ1n) is 2.71. The van der Waals surface area contributed by atoms with Crippen LogP contribution in [-0.4, -0.2) is 15.0 Å². The topological polar surface area (TPSA) is 42.7 Å². The molecule has 0 aliphatic carbocycles. The first-order chi connectivity index (χ1) is 4.84. The Morgan fingerprint density at radius 2 is 2.20 bits per heavy atom. The van der Waals surface area contributed by atoms with Gasteiger partial charge in [0, 0.05) is 0 Å². The van der Waals surface area contributed by atoms with E-state index in [-0.39, 0.29) is 0 Å². The lowest BCUT2D eigenvalue weighted by Crippen LogP contribution is -2.18. The third-order valence-corrected chi connectivity index (χ3v) is 1.20. The second kappa shape index (κ2) is 3.22. The van der Waals surface area contributed by atoms with Crippen LogP contribution >= 0.6 is 11.6 Å². The zero-order valence-corrected chi connectivity index (χ0v) is 5.99. The Labute approximate surface area is 63.5 Å². The quantitative estimate of drug-likeness (QED) is 0.521. The Balaban J connectivity index is 2.58. The molecule has 0 amide bonds. The lowest BCUT2D eigenvalue weighted by Gasteiger charge is -2.06. The molecular weight excluding hydrogens is 152 g/mol. The van der Waals surface area contributed by atoms with Gasteiger partial charge in [-0.15, -0.1) is 4.80 Å². The number of rotatable bonds is 3. The molecule has 1 N–H and O–H groups in total. The van der Waals surface area contributed by atoms with Crippen molar-refractivity contribution in [1.82, 2.24) is 20.3 Å². The summed E-state index contributed by atoms with van der Waals surface area (Å²) in [6.45, 7) is 3.45. The zero-order chi connectivity index (χ0) is 7.40. The fourth-order valence-electron chi connectivity index (χ4n) is 0.507. The summed E-state index contributed by atoms with van der Waals surface area (Å²) in [6.07, 6.45) is 4.60. The first-order valence-corrected chi connectivity index (χ1v) is 3.15. The van der Waals surface area contributed by atoms with Gasteiger partial charge in [-0.25, -0.2) is 0 Å². The van der Waals surface area contributed by atoms with E-state index in [4.69, 9.17) is 11.6 Å². The molecule has 0 aliphatic heterocycles. The molecule has 0 saturated heterocycles. The maximum absolute atomic E-state index is 5.70. The molecule has 0 aromatic carbocycles. The molecular formula is C5H7ClN4. The van der Waals surface area contributed by atoms with E-state index in [1.807, 2.05) is 0 Å². The van der Waals surface area contributed by atoms with Crippen molar-refractivity contribution in [3.63, 3.8) is 0 Å². The highest BCUT2D eigenvalue weighted by Crippen LogP contribution is 2.01. The maximum atomic E-state index is 5.70. The Kier molecular flexibility index (Phi) is 2.28. The van der Waals surface area contributed by atoms with Gasteiger partial charge in [-0.05, 0) is 6.20 Å². The lowest BCUT2D eigenvalue weighted by atomic mass is 10.9. The molecule has 54 valence electrons. The van der Waals surface area contributed by atoms with Crippen molar-refractivity contribution in [3.05, 3.63) is 25.2 Å². The molecule has 0 radical (unpaired) electrons. The van der Waals surface area contributed by atoms with Crippen LogP contribution in [-0.2, 0) is 0 Å². The van der Waals surface area contributed by atoms with Crippen molar-refractivity contribution < 1.29 is 0 Å². The number of aromatic nitrogens is 3. The smallest absolute Gasteiger partial charge is 0.215 e. The molecule has 0 saturated carbocycles. The van der Waals surface area contributed by atoms with Gasteiger partial charge >= 0.3 is 0 Å². The monoisotopic (exact) mass is 158 g/mol. The van der Waals surface area contributed by atoms with E-state index in [9.17, 15) is 0 Å². The fourth-order valence-corrected chi connectivity index (χ4v) is 0.697. The average molecular weight is 159 g/mol. The second-order valence-electron chi connectivity index (χ2n) is 1.56. The van der Waals surface area contributed by atoms with Crippen molar-refractivity contribution in [1.29, 1.82) is 0 Å². The van der Waals surface area contributed by atoms with Gasteiger partial charge in [-0.3, -0.25) is 0 Å². The summed E-state index contributed by atoms with van der Waals surface area (Å²) in [5, 5.41) is 10.3. The summed E-state index contributed by atoms with van der Waals surface area (Å²) in [5.41, 5.74) is -0.451. The molecule has 0 fully saturated rings. The minimum Gasteiger partial charge on any atom is -0.357 e. The van der Waals surface area contributed by atoms with Crippen molar-refractivity contribution in [2.24, 2.45) is 0 Å². The standard InChI is InChI=1S/C5H7ClN4/c1-2-7-5(6)10-8-3-4-9-10/h2-5,7H,1H2. The largest absolute Gasteiger partial charge is 0.357 e. The van der Waals surface area contributed by atoms with Crippen LogP contribution in [0.5, 0.6) is 0 Å². The average Bonchev–Trinajstić information content (AvgIpc) is 2.38. The van der Waals surface area contributed by atoms with E-state index < -0.39 is 5.62 Å². The van der Waals surface area contributed by atoms with Crippen LogP contribution in [0.3, 0.4) is 0 Å². The van der Waals surface area contributed by atoms with Crippen LogP contribution in [0, 0.1) is 0 Å². The molecule has 1 heterocycles. The molecule has 0 spiro atoms. The number of hydrogen-bond donors (Lipinski definition) is 1. The fraction of sp³-hybridized carbons (Fsp3) is 0.200. The minimum atomic E-state index is -0.451. The molecule has 5 heteroatoms. The number of hydrogen-bond acceptors (Lipinski definition) is 3. The van der Waals surface area contributed by atoms with Gasteiger partial charge in [0.15, 0.2) is 0 Å². The van der Waals surface area contributed by atoms with Crippen LogP contribution in [0.1, 0.15) is 5.62 Å². The predicted molar refractivity (Wildman–Crippen MR) is 38.2 cm³/mol. The van der Waals surface area contributed by atoms with Crippen molar-refractivity contribution in [3.8, 4) is 0 Å². The molecule has 0 bridgehead atoms. The summed E-state index contributed by atoms with van der Waals surface area (Å²) in [5.74, 6) is 0. The van der Waals surface area contributed by atoms with Gasteiger partial charge in [-0.1, -0.05) is 18.2 Å². The van der Waals surface area contributed by atoms with E-state index in [1.54, 1.807) is 12.4 Å². The van der Waals surface area contributed by atoms with Crippen molar-refractivity contribution >= 4 is 11.6 Å². The highest BCUT2D eigenvalue weighted by atomic mass is 35.5. The second-order valence-corrected chi connectivity index (χ2v) is 1.97. The highest BCUT2D eigenvalue weighted by molar-refractivity contribution is 6.18. The van der Waals surface area contributed by atoms with Gasteiger partial charge in [0.2, 0.25) is 5.62 Å².